The van der Waals surface area contributed by atoms with Gasteiger partial charge in [0.15, 0.2) is 5.69 Å². The molecule has 2 rings (SSSR count). The predicted molar refractivity (Wildman–Crippen MR) is 53.3 cm³/mol. The highest BCUT2D eigenvalue weighted by atomic mass is 16.2. The van der Waals surface area contributed by atoms with Crippen molar-refractivity contribution in [2.24, 2.45) is 12.8 Å². The van der Waals surface area contributed by atoms with Crippen molar-refractivity contribution in [1.29, 1.82) is 0 Å². The van der Waals surface area contributed by atoms with E-state index in [0.717, 1.165) is 0 Å². The molecule has 0 aromatic carbocycles. The Hall–Kier alpha value is -2.24. The first-order valence-corrected chi connectivity index (χ1v) is 4.22. The smallest absolute Gasteiger partial charge is 0.282 e. The number of nitrogens with two attached hydrogens (primary N) is 1. The summed E-state index contributed by atoms with van der Waals surface area (Å²) in [6.07, 6.45) is 3.02. The van der Waals surface area contributed by atoms with Gasteiger partial charge in [-0.25, -0.2) is 4.98 Å². The summed E-state index contributed by atoms with van der Waals surface area (Å²) in [7, 11) is 1.55. The molecule has 2 aromatic rings. The van der Waals surface area contributed by atoms with Crippen LogP contribution in [0.4, 0.5) is 0 Å². The van der Waals surface area contributed by atoms with Crippen LogP contribution in [0.15, 0.2) is 23.3 Å². The molecule has 2 N–H and O–H groups in total. The van der Waals surface area contributed by atoms with Crippen molar-refractivity contribution in [3.05, 3.63) is 34.5 Å². The number of fused-ring (bicyclic) bond motifs is 1. The zero-order chi connectivity index (χ0) is 11.0. The zero-order valence-corrected chi connectivity index (χ0v) is 7.97. The van der Waals surface area contributed by atoms with E-state index in [-0.39, 0.29) is 5.69 Å². The fourth-order valence-corrected chi connectivity index (χ4v) is 1.35. The summed E-state index contributed by atoms with van der Waals surface area (Å²) >= 11 is 0. The Morgan fingerprint density at radius 2 is 2.27 bits per heavy atom. The van der Waals surface area contributed by atoms with Crippen LogP contribution in [-0.4, -0.2) is 20.4 Å². The van der Waals surface area contributed by atoms with E-state index in [1.807, 2.05) is 0 Å². The number of amides is 1. The van der Waals surface area contributed by atoms with Gasteiger partial charge >= 0.3 is 0 Å². The summed E-state index contributed by atoms with van der Waals surface area (Å²) in [6, 6.07) is 1.65. The molecular weight excluding hydrogens is 196 g/mol. The van der Waals surface area contributed by atoms with E-state index in [0.29, 0.717) is 11.0 Å². The van der Waals surface area contributed by atoms with Gasteiger partial charge in [-0.15, -0.1) is 0 Å². The first kappa shape index (κ1) is 9.32. The maximum Gasteiger partial charge on any atom is 0.282 e. The molecule has 0 fully saturated rings. The predicted octanol–water partition coefficient (Wildman–Crippen LogP) is -0.573. The molecule has 0 bridgehead atoms. The Labute approximate surface area is 84.4 Å². The molecule has 6 heteroatoms. The highest BCUT2D eigenvalue weighted by Crippen LogP contribution is 2.06. The van der Waals surface area contributed by atoms with Gasteiger partial charge in [0.2, 0.25) is 0 Å². The maximum absolute atomic E-state index is 11.6. The standard InChI is InChI=1S/C9H8N4O2/c1-13-6-2-3-11-4-5(6)12-7(8(10)14)9(13)15/h2-4H,1H3,(H2,10,14). The zero-order valence-electron chi connectivity index (χ0n) is 7.97. The van der Waals surface area contributed by atoms with Crippen molar-refractivity contribution in [3.8, 4) is 0 Å². The first-order chi connectivity index (χ1) is 7.11. The third kappa shape index (κ3) is 1.35. The largest absolute Gasteiger partial charge is 0.364 e. The van der Waals surface area contributed by atoms with Crippen LogP contribution in [0.3, 0.4) is 0 Å². The van der Waals surface area contributed by atoms with Crippen LogP contribution in [0.25, 0.3) is 11.0 Å². The summed E-state index contributed by atoms with van der Waals surface area (Å²) in [5.74, 6) is -0.832. The molecule has 0 radical (unpaired) electrons. The van der Waals surface area contributed by atoms with Gasteiger partial charge < -0.3 is 10.3 Å². The van der Waals surface area contributed by atoms with Crippen LogP contribution in [-0.2, 0) is 7.05 Å². The number of rotatable bonds is 1. The highest BCUT2D eigenvalue weighted by molar-refractivity contribution is 5.92. The minimum Gasteiger partial charge on any atom is -0.364 e. The molecular formula is C9H8N4O2. The lowest BCUT2D eigenvalue weighted by molar-refractivity contribution is 0.0994. The minimum atomic E-state index is -0.832. The Kier molecular flexibility index (Phi) is 1.96. The van der Waals surface area contributed by atoms with Gasteiger partial charge in [0.1, 0.15) is 5.52 Å². The molecule has 0 saturated carbocycles. The topological polar surface area (TPSA) is 90.9 Å². The quantitative estimate of drug-likeness (QED) is 0.673. The van der Waals surface area contributed by atoms with Gasteiger partial charge in [-0.3, -0.25) is 14.6 Å². The maximum atomic E-state index is 11.6. The Morgan fingerprint density at radius 3 is 2.93 bits per heavy atom. The molecule has 0 aliphatic heterocycles. The summed E-state index contributed by atoms with van der Waals surface area (Å²) in [5, 5.41) is 0. The molecule has 0 aliphatic carbocycles. The van der Waals surface area contributed by atoms with E-state index in [4.69, 9.17) is 5.73 Å². The van der Waals surface area contributed by atoms with Crippen LogP contribution in [0.1, 0.15) is 10.5 Å². The fourth-order valence-electron chi connectivity index (χ4n) is 1.35. The minimum absolute atomic E-state index is 0.266. The van der Waals surface area contributed by atoms with Crippen LogP contribution in [0.5, 0.6) is 0 Å². The van der Waals surface area contributed by atoms with Crippen molar-refractivity contribution in [3.63, 3.8) is 0 Å². The fraction of sp³-hybridized carbons (Fsp3) is 0.111. The van der Waals surface area contributed by atoms with E-state index in [1.165, 1.54) is 10.8 Å². The van der Waals surface area contributed by atoms with Gasteiger partial charge in [0, 0.05) is 13.2 Å². The molecule has 6 nitrogen and oxygen atoms in total. The monoisotopic (exact) mass is 204 g/mol. The molecule has 0 atom stereocenters. The third-order valence-corrected chi connectivity index (χ3v) is 2.11. The lowest BCUT2D eigenvalue weighted by Crippen LogP contribution is -2.30. The normalized spacial score (nSPS) is 10.5. The Morgan fingerprint density at radius 1 is 1.53 bits per heavy atom. The van der Waals surface area contributed by atoms with Crippen molar-refractivity contribution >= 4 is 16.9 Å². The number of hydrogen-bond acceptors (Lipinski definition) is 4. The molecule has 2 aromatic heterocycles. The van der Waals surface area contributed by atoms with Gasteiger partial charge in [0.25, 0.3) is 11.5 Å². The summed E-state index contributed by atoms with van der Waals surface area (Å²) in [4.78, 5) is 30.3. The van der Waals surface area contributed by atoms with E-state index >= 15 is 0 Å². The average Bonchev–Trinajstić information content (AvgIpc) is 2.23. The number of aromatic nitrogens is 3. The molecule has 76 valence electrons. The molecule has 0 unspecified atom stereocenters. The number of carbonyl (C=O) groups is 1. The molecule has 0 saturated heterocycles. The average molecular weight is 204 g/mol. The van der Waals surface area contributed by atoms with Crippen LogP contribution in [0.2, 0.25) is 0 Å². The van der Waals surface area contributed by atoms with Crippen molar-refractivity contribution in [1.82, 2.24) is 14.5 Å². The van der Waals surface area contributed by atoms with Gasteiger partial charge in [-0.1, -0.05) is 0 Å². The number of aryl methyl sites for hydroxylation is 1. The second kappa shape index (κ2) is 3.16. The third-order valence-electron chi connectivity index (χ3n) is 2.11. The number of primary amides is 1. The van der Waals surface area contributed by atoms with E-state index in [9.17, 15) is 9.59 Å². The van der Waals surface area contributed by atoms with Crippen LogP contribution >= 0.6 is 0 Å². The van der Waals surface area contributed by atoms with E-state index in [1.54, 1.807) is 19.3 Å². The number of nitrogens with zero attached hydrogens (tertiary/aromatic N) is 3. The molecule has 15 heavy (non-hydrogen) atoms. The second-order valence-electron chi connectivity index (χ2n) is 3.05. The Bertz CT molecular complexity index is 603. The summed E-state index contributed by atoms with van der Waals surface area (Å²) < 4.78 is 1.32. The van der Waals surface area contributed by atoms with Crippen LogP contribution < -0.4 is 11.3 Å². The molecule has 1 amide bonds. The lowest BCUT2D eigenvalue weighted by atomic mass is 10.3. The van der Waals surface area contributed by atoms with E-state index in [2.05, 4.69) is 9.97 Å². The van der Waals surface area contributed by atoms with Crippen molar-refractivity contribution in [2.45, 2.75) is 0 Å². The molecule has 0 aliphatic rings. The van der Waals surface area contributed by atoms with Gasteiger partial charge in [-0.05, 0) is 6.07 Å². The van der Waals surface area contributed by atoms with Gasteiger partial charge in [-0.2, -0.15) is 0 Å². The second-order valence-corrected chi connectivity index (χ2v) is 3.05. The first-order valence-electron chi connectivity index (χ1n) is 4.22. The molecule has 2 heterocycles. The van der Waals surface area contributed by atoms with Crippen molar-refractivity contribution in [2.75, 3.05) is 0 Å². The van der Waals surface area contributed by atoms with Gasteiger partial charge in [0.05, 0.1) is 11.7 Å². The van der Waals surface area contributed by atoms with Crippen LogP contribution in [0, 0.1) is 0 Å². The summed E-state index contributed by atoms with van der Waals surface area (Å²) in [6.45, 7) is 0. The van der Waals surface area contributed by atoms with E-state index < -0.39 is 11.5 Å². The number of pyridine rings is 1. The lowest BCUT2D eigenvalue weighted by Gasteiger charge is -2.04. The number of hydrogen-bond donors (Lipinski definition) is 1. The van der Waals surface area contributed by atoms with Crippen molar-refractivity contribution < 1.29 is 4.79 Å². The highest BCUT2D eigenvalue weighted by Gasteiger charge is 2.12. The molecule has 0 spiro atoms. The summed E-state index contributed by atoms with van der Waals surface area (Å²) in [5.41, 5.74) is 5.35. The Balaban J connectivity index is 2.95. The number of carbonyl (C=O) groups excluding carboxylic acids is 1. The SMILES string of the molecule is Cn1c(=O)c(C(N)=O)nc2cnccc21.